The fourth-order valence-corrected chi connectivity index (χ4v) is 6.25. The number of likely N-dealkylation sites (tertiary alicyclic amines) is 1. The number of aliphatic hydroxyl groups excluding tert-OH is 1. The number of fused-ring (bicyclic) bond motifs is 1. The summed E-state index contributed by atoms with van der Waals surface area (Å²) in [6, 6.07) is 12.5. The maximum Gasteiger partial charge on any atom is 0.245 e. The first-order valence-electron chi connectivity index (χ1n) is 13.9. The highest BCUT2D eigenvalue weighted by molar-refractivity contribution is 7.22. The Morgan fingerprint density at radius 1 is 1.07 bits per heavy atom. The Labute approximate surface area is 241 Å². The molecule has 0 radical (unpaired) electrons. The van der Waals surface area contributed by atoms with Crippen LogP contribution in [0.1, 0.15) is 36.8 Å². The molecule has 1 saturated heterocycles. The number of nitrogens with zero attached hydrogens (tertiary/aromatic N) is 3. The van der Waals surface area contributed by atoms with E-state index in [2.05, 4.69) is 20.2 Å². The summed E-state index contributed by atoms with van der Waals surface area (Å²) in [5, 5.41) is 11.8. The van der Waals surface area contributed by atoms with E-state index in [-0.39, 0.29) is 29.9 Å². The number of benzene rings is 1. The topological polar surface area (TPSA) is 105 Å². The van der Waals surface area contributed by atoms with Gasteiger partial charge in [-0.2, -0.15) is 0 Å². The molecule has 0 bridgehead atoms. The SMILES string of the molecule is O=C(Cc1ccc(Oc2ccnc3cc(-c4ccc(CN5CC[C@H](NC(=O)CO)C5)cn4)sc23)c(F)c1)CC1CC1. The minimum atomic E-state index is -0.499. The van der Waals surface area contributed by atoms with Crippen LogP contribution >= 0.6 is 11.3 Å². The predicted molar refractivity (Wildman–Crippen MR) is 154 cm³/mol. The minimum Gasteiger partial charge on any atom is -0.453 e. The van der Waals surface area contributed by atoms with Gasteiger partial charge in [0, 0.05) is 57.0 Å². The van der Waals surface area contributed by atoms with Crippen molar-refractivity contribution in [2.24, 2.45) is 5.92 Å². The van der Waals surface area contributed by atoms with Gasteiger partial charge in [-0.1, -0.05) is 12.1 Å². The van der Waals surface area contributed by atoms with E-state index in [9.17, 15) is 14.0 Å². The lowest BCUT2D eigenvalue weighted by Crippen LogP contribution is -2.38. The normalized spacial score (nSPS) is 17.2. The summed E-state index contributed by atoms with van der Waals surface area (Å²) in [5.74, 6) is 0.443. The van der Waals surface area contributed by atoms with E-state index in [1.165, 1.54) is 17.4 Å². The summed E-state index contributed by atoms with van der Waals surface area (Å²) in [7, 11) is 0. The molecule has 6 rings (SSSR count). The van der Waals surface area contributed by atoms with Crippen molar-refractivity contribution in [3.05, 3.63) is 71.8 Å². The van der Waals surface area contributed by atoms with Crippen LogP contribution in [0.3, 0.4) is 0 Å². The monoisotopic (exact) mass is 574 g/mol. The maximum atomic E-state index is 14.9. The van der Waals surface area contributed by atoms with Crippen molar-refractivity contribution in [3.8, 4) is 22.1 Å². The highest BCUT2D eigenvalue weighted by Crippen LogP contribution is 2.39. The summed E-state index contributed by atoms with van der Waals surface area (Å²) in [4.78, 5) is 35.9. The average Bonchev–Trinajstić information content (AvgIpc) is 3.48. The van der Waals surface area contributed by atoms with E-state index in [0.29, 0.717) is 23.7 Å². The standard InChI is InChI=1S/C31H31FN4O4S/c32-24-13-20(12-23(38)11-19-1-2-19)4-6-27(24)40-28-7-9-33-26-14-29(41-31(26)28)25-5-3-21(15-34-25)16-36-10-8-22(17-36)35-30(39)18-37/h3-7,9,13-15,19,22,37H,1-2,8,10-12,16-18H2,(H,35,39)/t22-/m0/s1. The number of ether oxygens (including phenoxy) is 1. The van der Waals surface area contributed by atoms with E-state index >= 15 is 0 Å². The largest absolute Gasteiger partial charge is 0.453 e. The second kappa shape index (κ2) is 12.0. The van der Waals surface area contributed by atoms with Gasteiger partial charge < -0.3 is 15.2 Å². The van der Waals surface area contributed by atoms with Crippen LogP contribution in [-0.4, -0.2) is 57.4 Å². The Bertz CT molecular complexity index is 1570. The fourth-order valence-electron chi connectivity index (χ4n) is 5.21. The third kappa shape index (κ3) is 6.78. The molecule has 1 aliphatic carbocycles. The van der Waals surface area contributed by atoms with Crippen LogP contribution in [0.25, 0.3) is 20.8 Å². The van der Waals surface area contributed by atoms with Gasteiger partial charge in [0.1, 0.15) is 18.1 Å². The molecule has 8 nitrogen and oxygen atoms in total. The Balaban J connectivity index is 1.11. The third-order valence-electron chi connectivity index (χ3n) is 7.47. The summed E-state index contributed by atoms with van der Waals surface area (Å²) >= 11 is 1.48. The minimum absolute atomic E-state index is 0.0527. The van der Waals surface area contributed by atoms with Crippen LogP contribution in [0.5, 0.6) is 11.5 Å². The van der Waals surface area contributed by atoms with E-state index in [4.69, 9.17) is 9.84 Å². The smallest absolute Gasteiger partial charge is 0.245 e. The van der Waals surface area contributed by atoms with E-state index in [1.54, 1.807) is 24.4 Å². The second-order valence-electron chi connectivity index (χ2n) is 10.9. The molecule has 4 aromatic rings. The number of carbonyl (C=O) groups excluding carboxylic acids is 2. The quantitative estimate of drug-likeness (QED) is 0.263. The number of hydrogen-bond donors (Lipinski definition) is 2. The lowest BCUT2D eigenvalue weighted by Gasteiger charge is -2.16. The van der Waals surface area contributed by atoms with Crippen molar-refractivity contribution in [3.63, 3.8) is 0 Å². The van der Waals surface area contributed by atoms with Crippen molar-refractivity contribution in [1.82, 2.24) is 20.2 Å². The number of ketones is 1. The van der Waals surface area contributed by atoms with E-state index in [1.807, 2.05) is 24.4 Å². The molecule has 1 atom stereocenters. The number of Topliss-reactive ketones (excluding diaryl/α,β-unsaturated/α-hetero) is 1. The van der Waals surface area contributed by atoms with Crippen molar-refractivity contribution in [1.29, 1.82) is 0 Å². The zero-order valence-electron chi connectivity index (χ0n) is 22.5. The molecule has 1 aliphatic heterocycles. The predicted octanol–water partition coefficient (Wildman–Crippen LogP) is 4.88. The number of halogens is 1. The van der Waals surface area contributed by atoms with Crippen LogP contribution in [-0.2, 0) is 22.6 Å². The van der Waals surface area contributed by atoms with Crippen LogP contribution < -0.4 is 10.1 Å². The summed E-state index contributed by atoms with van der Waals surface area (Å²) in [6.07, 6.45) is 7.41. The first-order valence-corrected chi connectivity index (χ1v) is 14.7. The van der Waals surface area contributed by atoms with Gasteiger partial charge in [-0.3, -0.25) is 24.5 Å². The molecular formula is C31H31FN4O4S. The van der Waals surface area contributed by atoms with Gasteiger partial charge in [0.25, 0.3) is 0 Å². The van der Waals surface area contributed by atoms with E-state index < -0.39 is 12.4 Å². The maximum absolute atomic E-state index is 14.9. The Morgan fingerprint density at radius 2 is 1.93 bits per heavy atom. The molecule has 2 fully saturated rings. The van der Waals surface area contributed by atoms with Gasteiger partial charge in [0.15, 0.2) is 11.6 Å². The zero-order valence-corrected chi connectivity index (χ0v) is 23.3. The van der Waals surface area contributed by atoms with E-state index in [0.717, 1.165) is 65.2 Å². The number of aromatic nitrogens is 2. The summed E-state index contributed by atoms with van der Waals surface area (Å²) < 4.78 is 21.7. The van der Waals surface area contributed by atoms with Crippen LogP contribution in [0, 0.1) is 11.7 Å². The van der Waals surface area contributed by atoms with Gasteiger partial charge in [0.2, 0.25) is 5.91 Å². The molecule has 41 heavy (non-hydrogen) atoms. The van der Waals surface area contributed by atoms with Gasteiger partial charge in [-0.05, 0) is 60.6 Å². The number of carbonyl (C=O) groups is 2. The van der Waals surface area contributed by atoms with Crippen LogP contribution in [0.15, 0.2) is 54.9 Å². The van der Waals surface area contributed by atoms with Crippen molar-refractivity contribution in [2.75, 3.05) is 19.7 Å². The van der Waals surface area contributed by atoms with Gasteiger partial charge in [-0.15, -0.1) is 11.3 Å². The third-order valence-corrected chi connectivity index (χ3v) is 8.63. The summed E-state index contributed by atoms with van der Waals surface area (Å²) in [5.41, 5.74) is 3.28. The molecule has 1 saturated carbocycles. The van der Waals surface area contributed by atoms with Gasteiger partial charge >= 0.3 is 0 Å². The molecule has 2 N–H and O–H groups in total. The van der Waals surface area contributed by atoms with Crippen LogP contribution in [0.4, 0.5) is 4.39 Å². The Hall–Kier alpha value is -3.73. The number of hydrogen-bond acceptors (Lipinski definition) is 8. The zero-order chi connectivity index (χ0) is 28.3. The molecule has 4 heterocycles. The Kier molecular flexibility index (Phi) is 8.04. The lowest BCUT2D eigenvalue weighted by atomic mass is 10.0. The first-order chi connectivity index (χ1) is 19.9. The number of aliphatic hydroxyl groups is 1. The second-order valence-corrected chi connectivity index (χ2v) is 11.9. The van der Waals surface area contributed by atoms with Crippen molar-refractivity contribution < 1.29 is 23.8 Å². The number of rotatable bonds is 11. The van der Waals surface area contributed by atoms with Gasteiger partial charge in [-0.25, -0.2) is 4.39 Å². The summed E-state index contributed by atoms with van der Waals surface area (Å²) in [6.45, 7) is 1.84. The molecule has 2 aliphatic rings. The molecule has 3 aromatic heterocycles. The molecule has 0 unspecified atom stereocenters. The Morgan fingerprint density at radius 3 is 2.68 bits per heavy atom. The molecule has 1 amide bonds. The highest BCUT2D eigenvalue weighted by atomic mass is 32.1. The lowest BCUT2D eigenvalue weighted by molar-refractivity contribution is -0.124. The molecule has 0 spiro atoms. The molecular weight excluding hydrogens is 543 g/mol. The fraction of sp³-hybridized carbons (Fsp3) is 0.355. The van der Waals surface area contributed by atoms with Crippen molar-refractivity contribution in [2.45, 2.75) is 44.7 Å². The van der Waals surface area contributed by atoms with Crippen molar-refractivity contribution >= 4 is 33.2 Å². The number of pyridine rings is 2. The average molecular weight is 575 g/mol. The number of nitrogens with one attached hydrogen (secondary N) is 1. The highest BCUT2D eigenvalue weighted by Gasteiger charge is 2.25. The number of thiophene rings is 1. The van der Waals surface area contributed by atoms with Crippen LogP contribution in [0.2, 0.25) is 0 Å². The molecule has 10 heteroatoms. The molecule has 212 valence electrons. The molecule has 1 aromatic carbocycles. The number of amides is 1. The first kappa shape index (κ1) is 27.4. The van der Waals surface area contributed by atoms with Gasteiger partial charge in [0.05, 0.1) is 20.8 Å².